The first kappa shape index (κ1) is 35.6. The molecule has 2 heterocycles. The topological polar surface area (TPSA) is 3.24 Å². The van der Waals surface area contributed by atoms with E-state index in [2.05, 4.69) is 195 Å². The van der Waals surface area contributed by atoms with Gasteiger partial charge < -0.3 is 4.90 Å². The average Bonchev–Trinajstić information content (AvgIpc) is 3.18. The van der Waals surface area contributed by atoms with Crippen LogP contribution in [0.3, 0.4) is 0 Å². The van der Waals surface area contributed by atoms with Crippen molar-refractivity contribution < 1.29 is 0 Å². The van der Waals surface area contributed by atoms with E-state index in [0.29, 0.717) is 0 Å². The van der Waals surface area contributed by atoms with Crippen LogP contribution in [0.1, 0.15) is 131 Å². The lowest BCUT2D eigenvalue weighted by molar-refractivity contribution is 0.332. The molecule has 0 unspecified atom stereocenters. The van der Waals surface area contributed by atoms with Crippen molar-refractivity contribution in [3.63, 3.8) is 0 Å². The van der Waals surface area contributed by atoms with Crippen molar-refractivity contribution in [2.75, 3.05) is 4.90 Å². The van der Waals surface area contributed by atoms with Crippen LogP contribution in [-0.4, -0.2) is 6.71 Å². The Morgan fingerprint density at radius 2 is 0.964 bits per heavy atom. The second kappa shape index (κ2) is 11.9. The molecule has 0 atom stereocenters. The van der Waals surface area contributed by atoms with Crippen LogP contribution < -0.4 is 21.3 Å². The van der Waals surface area contributed by atoms with Crippen molar-refractivity contribution >= 4 is 40.2 Å². The number of benzene rings is 6. The maximum Gasteiger partial charge on any atom is 0.247 e. The Morgan fingerprint density at radius 1 is 0.429 bits per heavy atom. The summed E-state index contributed by atoms with van der Waals surface area (Å²) >= 11 is 0. The molecule has 6 aromatic carbocycles. The lowest BCUT2D eigenvalue weighted by atomic mass is 9.29. The fraction of sp³-hybridized carbons (Fsp3) is 0.333. The summed E-state index contributed by atoms with van der Waals surface area (Å²) in [7, 11) is 0. The standard InChI is InChI=1S/C54H56BN/c1-35-26-27-38-43(32-35)55-44-33-41-42(52(6,7)29-28-51(41,4)5)34-47(44)56(45-24-16-22-39-48(45)53(8,9)31-30-50(39,2)3)46-25-17-23-40(49(46)55)54(38,36-18-12-10-13-19-36)37-20-14-11-15-21-37/h10-27,32-34H,28-31H2,1-9H3. The van der Waals surface area contributed by atoms with Crippen LogP contribution in [0.25, 0.3) is 0 Å². The maximum atomic E-state index is 2.74. The van der Waals surface area contributed by atoms with E-state index in [-0.39, 0.29) is 28.4 Å². The third kappa shape index (κ3) is 4.80. The van der Waals surface area contributed by atoms with Gasteiger partial charge in [-0.2, -0.15) is 0 Å². The van der Waals surface area contributed by atoms with Gasteiger partial charge in [0.05, 0.1) is 11.1 Å². The molecular formula is C54H56BN. The Balaban J connectivity index is 1.40. The van der Waals surface area contributed by atoms with Crippen molar-refractivity contribution in [3.05, 3.63) is 177 Å². The van der Waals surface area contributed by atoms with Gasteiger partial charge in [-0.15, -0.1) is 0 Å². The van der Waals surface area contributed by atoms with Gasteiger partial charge >= 0.3 is 0 Å². The highest BCUT2D eigenvalue weighted by Gasteiger charge is 2.53. The van der Waals surface area contributed by atoms with E-state index in [1.807, 2.05) is 0 Å². The van der Waals surface area contributed by atoms with Crippen molar-refractivity contribution in [2.24, 2.45) is 0 Å². The smallest absolute Gasteiger partial charge is 0.247 e. The van der Waals surface area contributed by atoms with Crippen molar-refractivity contribution in [1.29, 1.82) is 0 Å². The lowest BCUT2D eigenvalue weighted by Crippen LogP contribution is -2.65. The van der Waals surface area contributed by atoms with E-state index in [0.717, 1.165) is 0 Å². The first-order valence-electron chi connectivity index (χ1n) is 21.2. The molecule has 2 heteroatoms. The molecule has 0 fully saturated rings. The van der Waals surface area contributed by atoms with Gasteiger partial charge in [0.15, 0.2) is 0 Å². The second-order valence-electron chi connectivity index (χ2n) is 20.3. The summed E-state index contributed by atoms with van der Waals surface area (Å²) in [5.41, 5.74) is 21.0. The first-order valence-corrected chi connectivity index (χ1v) is 21.2. The number of rotatable bonds is 3. The predicted octanol–water partition coefficient (Wildman–Crippen LogP) is 11.7. The van der Waals surface area contributed by atoms with E-state index in [1.54, 1.807) is 0 Å². The molecule has 0 aromatic heterocycles. The largest absolute Gasteiger partial charge is 0.311 e. The van der Waals surface area contributed by atoms with Gasteiger partial charge in [-0.3, -0.25) is 0 Å². The molecule has 10 rings (SSSR count). The summed E-state index contributed by atoms with van der Waals surface area (Å²) in [4.78, 5) is 2.74. The highest BCUT2D eigenvalue weighted by molar-refractivity contribution is 6.99. The number of aryl methyl sites for hydroxylation is 1. The summed E-state index contributed by atoms with van der Waals surface area (Å²) in [6, 6.07) is 49.9. The minimum atomic E-state index is -0.497. The Morgan fingerprint density at radius 3 is 1.59 bits per heavy atom. The molecule has 0 N–H and O–H groups in total. The van der Waals surface area contributed by atoms with Crippen LogP contribution in [0.2, 0.25) is 0 Å². The van der Waals surface area contributed by atoms with Gasteiger partial charge in [0.1, 0.15) is 0 Å². The van der Waals surface area contributed by atoms with Crippen LogP contribution in [0.5, 0.6) is 0 Å². The minimum absolute atomic E-state index is 0.0321. The second-order valence-corrected chi connectivity index (χ2v) is 20.3. The van der Waals surface area contributed by atoms with Gasteiger partial charge in [-0.1, -0.05) is 176 Å². The number of hydrogen-bond donors (Lipinski definition) is 0. The molecule has 2 aliphatic heterocycles. The van der Waals surface area contributed by atoms with Gasteiger partial charge in [-0.05, 0) is 128 Å². The van der Waals surface area contributed by atoms with Gasteiger partial charge in [0, 0.05) is 11.4 Å². The normalized spacial score (nSPS) is 19.9. The predicted molar refractivity (Wildman–Crippen MR) is 239 cm³/mol. The van der Waals surface area contributed by atoms with E-state index >= 15 is 0 Å². The molecule has 1 nitrogen and oxygen atoms in total. The Labute approximate surface area is 336 Å². The average molecular weight is 730 g/mol. The molecule has 56 heavy (non-hydrogen) atoms. The summed E-state index contributed by atoms with van der Waals surface area (Å²) in [6.45, 7) is 22.2. The van der Waals surface area contributed by atoms with Crippen molar-refractivity contribution in [1.82, 2.24) is 0 Å². The zero-order chi connectivity index (χ0) is 39.0. The van der Waals surface area contributed by atoms with Gasteiger partial charge in [0.2, 0.25) is 6.71 Å². The van der Waals surface area contributed by atoms with E-state index in [4.69, 9.17) is 0 Å². The molecule has 0 amide bonds. The summed E-state index contributed by atoms with van der Waals surface area (Å²) in [6.07, 6.45) is 4.75. The highest BCUT2D eigenvalue weighted by atomic mass is 15.2. The van der Waals surface area contributed by atoms with E-state index in [9.17, 15) is 0 Å². The number of anilines is 3. The summed E-state index contributed by atoms with van der Waals surface area (Å²) < 4.78 is 0. The summed E-state index contributed by atoms with van der Waals surface area (Å²) in [5, 5.41) is 0. The first-order chi connectivity index (χ1) is 26.7. The van der Waals surface area contributed by atoms with Gasteiger partial charge in [0.25, 0.3) is 0 Å². The Hall–Kier alpha value is -4.82. The maximum absolute atomic E-state index is 2.74. The van der Waals surface area contributed by atoms with Crippen LogP contribution in [-0.2, 0) is 27.1 Å². The zero-order valence-electron chi connectivity index (χ0n) is 35.0. The Kier molecular flexibility index (Phi) is 7.54. The zero-order valence-corrected chi connectivity index (χ0v) is 35.0. The Bertz CT molecular complexity index is 2510. The van der Waals surface area contributed by atoms with Crippen molar-refractivity contribution in [3.8, 4) is 0 Å². The third-order valence-electron chi connectivity index (χ3n) is 15.0. The monoisotopic (exact) mass is 729 g/mol. The van der Waals surface area contributed by atoms with E-state index in [1.165, 1.54) is 109 Å². The molecular weight excluding hydrogens is 673 g/mol. The quantitative estimate of drug-likeness (QED) is 0.164. The molecule has 6 aromatic rings. The molecule has 0 saturated carbocycles. The van der Waals surface area contributed by atoms with Crippen LogP contribution in [0.15, 0.2) is 127 Å². The highest BCUT2D eigenvalue weighted by Crippen LogP contribution is 2.55. The molecule has 280 valence electrons. The van der Waals surface area contributed by atoms with Crippen molar-refractivity contribution in [2.45, 2.75) is 115 Å². The minimum Gasteiger partial charge on any atom is -0.311 e. The summed E-state index contributed by atoms with van der Waals surface area (Å²) in [5.74, 6) is 0. The van der Waals surface area contributed by atoms with Crippen LogP contribution in [0.4, 0.5) is 17.1 Å². The molecule has 0 radical (unpaired) electrons. The van der Waals surface area contributed by atoms with Crippen LogP contribution in [0, 0.1) is 6.92 Å². The molecule has 0 bridgehead atoms. The van der Waals surface area contributed by atoms with Crippen LogP contribution >= 0.6 is 0 Å². The third-order valence-corrected chi connectivity index (χ3v) is 15.0. The van der Waals surface area contributed by atoms with E-state index < -0.39 is 5.41 Å². The fourth-order valence-electron chi connectivity index (χ4n) is 11.7. The van der Waals surface area contributed by atoms with Gasteiger partial charge in [-0.25, -0.2) is 0 Å². The molecule has 0 spiro atoms. The molecule has 2 aliphatic carbocycles. The number of fused-ring (bicyclic) bond motifs is 6. The molecule has 0 saturated heterocycles. The number of nitrogens with zero attached hydrogens (tertiary/aromatic N) is 1. The SMILES string of the molecule is Cc1ccc2c(c1)B1c3cc4c(cc3N(c3cccc5c3C(C)(C)CCC5(C)C)c3cccc(c31)C2(c1ccccc1)c1ccccc1)C(C)(C)CCC4(C)C. The fourth-order valence-corrected chi connectivity index (χ4v) is 11.7. The lowest BCUT2D eigenvalue weighted by Gasteiger charge is -2.51. The molecule has 4 aliphatic rings. The number of hydrogen-bond acceptors (Lipinski definition) is 1.